The second-order valence-electron chi connectivity index (χ2n) is 4.48. The van der Waals surface area contributed by atoms with Crippen LogP contribution in [0.5, 0.6) is 0 Å². The van der Waals surface area contributed by atoms with Gasteiger partial charge in [-0.2, -0.15) is 0 Å². The largest absolute Gasteiger partial charge is 0.387 e. The van der Waals surface area contributed by atoms with Gasteiger partial charge in [-0.3, -0.25) is 10.3 Å². The second kappa shape index (κ2) is 7.11. The van der Waals surface area contributed by atoms with E-state index >= 15 is 0 Å². The lowest BCUT2D eigenvalue weighted by Crippen LogP contribution is -2.49. The fourth-order valence-corrected chi connectivity index (χ4v) is 1.95. The van der Waals surface area contributed by atoms with Crippen molar-refractivity contribution in [3.63, 3.8) is 0 Å². The highest BCUT2D eigenvalue weighted by Crippen LogP contribution is 2.09. The number of hydrogen-bond donors (Lipinski definition) is 4. The lowest BCUT2D eigenvalue weighted by atomic mass is 10.1. The fraction of sp³-hybridized carbons (Fsp3) is 0.818. The van der Waals surface area contributed by atoms with Crippen molar-refractivity contribution in [1.82, 2.24) is 15.5 Å². The molecule has 0 aliphatic carbocycles. The third kappa shape index (κ3) is 5.53. The van der Waals surface area contributed by atoms with Gasteiger partial charge in [0.15, 0.2) is 0 Å². The lowest BCUT2D eigenvalue weighted by Gasteiger charge is -2.31. The van der Waals surface area contributed by atoms with E-state index in [1.165, 1.54) is 0 Å². The molecule has 0 atom stereocenters. The summed E-state index contributed by atoms with van der Waals surface area (Å²) in [6, 6.07) is 0.173. The molecule has 98 valence electrons. The minimum Gasteiger partial charge on any atom is -0.387 e. The van der Waals surface area contributed by atoms with Gasteiger partial charge in [0.2, 0.25) is 0 Å². The number of piperidine rings is 1. The van der Waals surface area contributed by atoms with Crippen LogP contribution in [0.25, 0.3) is 0 Å². The monoisotopic (exact) mass is 241 g/mol. The van der Waals surface area contributed by atoms with Crippen LogP contribution in [0, 0.1) is 5.41 Å². The number of nitrogens with zero attached hydrogens (tertiary/aromatic N) is 1. The minimum absolute atomic E-state index is 0.0723. The van der Waals surface area contributed by atoms with E-state index in [1.807, 2.05) is 6.92 Å². The van der Waals surface area contributed by atoms with Crippen LogP contribution in [0.3, 0.4) is 0 Å². The maximum Gasteiger partial charge on any atom is 0.315 e. The predicted octanol–water partition coefficient (Wildman–Crippen LogP) is 0.0960. The first-order valence-corrected chi connectivity index (χ1v) is 6.21. The van der Waals surface area contributed by atoms with Gasteiger partial charge in [-0.1, -0.05) is 6.92 Å². The molecule has 1 saturated heterocycles. The molecule has 1 rings (SSSR count). The quantitative estimate of drug-likeness (QED) is 0.406. The van der Waals surface area contributed by atoms with Gasteiger partial charge >= 0.3 is 6.03 Å². The van der Waals surface area contributed by atoms with Gasteiger partial charge in [0.1, 0.15) is 5.84 Å². The Morgan fingerprint density at radius 2 is 2.12 bits per heavy atom. The number of nitrogens with two attached hydrogens (primary N) is 1. The highest BCUT2D eigenvalue weighted by atomic mass is 16.2. The third-order valence-corrected chi connectivity index (χ3v) is 2.85. The van der Waals surface area contributed by atoms with Gasteiger partial charge in [-0.05, 0) is 19.3 Å². The molecule has 2 amide bonds. The highest BCUT2D eigenvalue weighted by molar-refractivity contribution is 5.79. The number of amides is 2. The van der Waals surface area contributed by atoms with E-state index in [0.717, 1.165) is 38.9 Å². The van der Waals surface area contributed by atoms with Crippen LogP contribution in [0.2, 0.25) is 0 Å². The van der Waals surface area contributed by atoms with Crippen molar-refractivity contribution in [1.29, 1.82) is 5.41 Å². The minimum atomic E-state index is -0.0723. The molecule has 1 fully saturated rings. The van der Waals surface area contributed by atoms with Crippen LogP contribution in [-0.4, -0.2) is 49.0 Å². The summed E-state index contributed by atoms with van der Waals surface area (Å²) in [6.07, 6.45) is 2.80. The van der Waals surface area contributed by atoms with E-state index in [9.17, 15) is 4.79 Å². The smallest absolute Gasteiger partial charge is 0.315 e. The molecule has 6 nitrogen and oxygen atoms in total. The second-order valence-corrected chi connectivity index (χ2v) is 4.48. The van der Waals surface area contributed by atoms with Crippen molar-refractivity contribution >= 4 is 11.9 Å². The van der Waals surface area contributed by atoms with E-state index in [0.29, 0.717) is 6.54 Å². The SMILES string of the molecule is CCCNC(=O)NC1CCN(CC(=N)N)CC1. The Balaban J connectivity index is 2.18. The van der Waals surface area contributed by atoms with Crippen LogP contribution < -0.4 is 16.4 Å². The Morgan fingerprint density at radius 1 is 1.47 bits per heavy atom. The summed E-state index contributed by atoms with van der Waals surface area (Å²) in [6.45, 7) is 5.06. The summed E-state index contributed by atoms with van der Waals surface area (Å²) in [4.78, 5) is 13.6. The van der Waals surface area contributed by atoms with Crippen molar-refractivity contribution in [2.24, 2.45) is 5.73 Å². The summed E-state index contributed by atoms with van der Waals surface area (Å²) < 4.78 is 0. The lowest BCUT2D eigenvalue weighted by molar-refractivity contribution is 0.207. The molecule has 0 saturated carbocycles. The molecule has 0 aromatic heterocycles. The van der Waals surface area contributed by atoms with Crippen LogP contribution in [0.4, 0.5) is 4.79 Å². The maximum absolute atomic E-state index is 11.4. The molecule has 6 heteroatoms. The van der Waals surface area contributed by atoms with Crippen LogP contribution in [-0.2, 0) is 0 Å². The molecule has 0 aromatic carbocycles. The molecule has 5 N–H and O–H groups in total. The Hall–Kier alpha value is -1.30. The van der Waals surface area contributed by atoms with E-state index in [2.05, 4.69) is 15.5 Å². The highest BCUT2D eigenvalue weighted by Gasteiger charge is 2.20. The number of nitrogens with one attached hydrogen (secondary N) is 3. The molecule has 1 heterocycles. The zero-order valence-electron chi connectivity index (χ0n) is 10.5. The average Bonchev–Trinajstić information content (AvgIpc) is 2.28. The Morgan fingerprint density at radius 3 is 2.65 bits per heavy atom. The van der Waals surface area contributed by atoms with Gasteiger partial charge in [0, 0.05) is 25.7 Å². The first-order chi connectivity index (χ1) is 8.11. The average molecular weight is 241 g/mol. The van der Waals surface area contributed by atoms with Crippen molar-refractivity contribution in [2.45, 2.75) is 32.2 Å². The number of carbonyl (C=O) groups is 1. The van der Waals surface area contributed by atoms with Crippen LogP contribution in [0.1, 0.15) is 26.2 Å². The van der Waals surface area contributed by atoms with E-state index in [4.69, 9.17) is 11.1 Å². The van der Waals surface area contributed by atoms with Crippen molar-refractivity contribution in [2.75, 3.05) is 26.2 Å². The Kier molecular flexibility index (Phi) is 5.76. The van der Waals surface area contributed by atoms with Gasteiger partial charge in [-0.25, -0.2) is 4.79 Å². The normalized spacial score (nSPS) is 17.7. The molecular weight excluding hydrogens is 218 g/mol. The molecule has 1 aliphatic rings. The number of hydrogen-bond acceptors (Lipinski definition) is 3. The van der Waals surface area contributed by atoms with E-state index in [1.54, 1.807) is 0 Å². The van der Waals surface area contributed by atoms with Gasteiger partial charge in [0.05, 0.1) is 6.54 Å². The Bertz CT molecular complexity index is 261. The van der Waals surface area contributed by atoms with Crippen molar-refractivity contribution in [3.8, 4) is 0 Å². The molecule has 0 unspecified atom stereocenters. The van der Waals surface area contributed by atoms with Gasteiger partial charge < -0.3 is 16.4 Å². The molecule has 17 heavy (non-hydrogen) atoms. The summed E-state index contributed by atoms with van der Waals surface area (Å²) >= 11 is 0. The molecule has 0 aromatic rings. The van der Waals surface area contributed by atoms with Crippen LogP contribution in [0.15, 0.2) is 0 Å². The first-order valence-electron chi connectivity index (χ1n) is 6.21. The van der Waals surface area contributed by atoms with Crippen molar-refractivity contribution in [3.05, 3.63) is 0 Å². The number of carbonyl (C=O) groups excluding carboxylic acids is 1. The third-order valence-electron chi connectivity index (χ3n) is 2.85. The number of urea groups is 1. The summed E-state index contributed by atoms with van der Waals surface area (Å²) in [5.74, 6) is 0.206. The summed E-state index contributed by atoms with van der Waals surface area (Å²) in [5, 5.41) is 13.0. The number of amidine groups is 1. The van der Waals surface area contributed by atoms with Crippen molar-refractivity contribution < 1.29 is 4.79 Å². The molecule has 0 spiro atoms. The predicted molar refractivity (Wildman–Crippen MR) is 68.2 cm³/mol. The van der Waals surface area contributed by atoms with E-state index in [-0.39, 0.29) is 17.9 Å². The van der Waals surface area contributed by atoms with Crippen LogP contribution >= 0.6 is 0 Å². The zero-order valence-corrected chi connectivity index (χ0v) is 10.5. The van der Waals surface area contributed by atoms with Gasteiger partial charge in [-0.15, -0.1) is 0 Å². The molecule has 0 bridgehead atoms. The Labute approximate surface area is 102 Å². The van der Waals surface area contributed by atoms with E-state index < -0.39 is 0 Å². The summed E-state index contributed by atoms with van der Waals surface area (Å²) in [7, 11) is 0. The maximum atomic E-state index is 11.4. The molecule has 0 radical (unpaired) electrons. The molecular formula is C11H23N5O. The standard InChI is InChI=1S/C11H23N5O/c1-2-5-14-11(17)15-9-3-6-16(7-4-9)8-10(12)13/h9H,2-8H2,1H3,(H3,12,13)(H2,14,15,17). The molecule has 1 aliphatic heterocycles. The first kappa shape index (κ1) is 13.8. The summed E-state index contributed by atoms with van der Waals surface area (Å²) in [5.41, 5.74) is 5.36. The zero-order chi connectivity index (χ0) is 12.7. The topological polar surface area (TPSA) is 94.2 Å². The number of rotatable bonds is 5. The fourth-order valence-electron chi connectivity index (χ4n) is 1.95. The number of likely N-dealkylation sites (tertiary alicyclic amines) is 1. The van der Waals surface area contributed by atoms with Gasteiger partial charge in [0.25, 0.3) is 0 Å².